The minimum absolute atomic E-state index is 0.255. The third kappa shape index (κ3) is 3.70. The largest absolute Gasteiger partial charge is 0.491 e. The van der Waals surface area contributed by atoms with Crippen LogP contribution in [0, 0.1) is 0 Å². The molecule has 150 valence electrons. The molecule has 1 saturated carbocycles. The van der Waals surface area contributed by atoms with Crippen LogP contribution in [0.1, 0.15) is 59.9 Å². The smallest absolute Gasteiger partial charge is 0.274 e. The first-order valence-corrected chi connectivity index (χ1v) is 10.2. The molecule has 1 aliphatic carbocycles. The zero-order valence-electron chi connectivity index (χ0n) is 16.4. The molecule has 0 aromatic carbocycles. The second-order valence-electron chi connectivity index (χ2n) is 7.65. The van der Waals surface area contributed by atoms with Crippen molar-refractivity contribution in [3.05, 3.63) is 53.7 Å². The second kappa shape index (κ2) is 7.48. The molecule has 2 fully saturated rings. The summed E-state index contributed by atoms with van der Waals surface area (Å²) in [6.45, 7) is 3.83. The predicted octanol–water partition coefficient (Wildman–Crippen LogP) is 3.76. The van der Waals surface area contributed by atoms with E-state index in [1.54, 1.807) is 6.07 Å². The maximum absolute atomic E-state index is 12.9. The molecule has 3 aromatic rings. The third-order valence-corrected chi connectivity index (χ3v) is 5.47. The van der Waals surface area contributed by atoms with E-state index in [0.29, 0.717) is 36.3 Å². The third-order valence-electron chi connectivity index (χ3n) is 5.47. The fourth-order valence-corrected chi connectivity index (χ4v) is 3.74. The number of nitrogens with one attached hydrogen (secondary N) is 1. The molecule has 7 nitrogen and oxygen atoms in total. The zero-order valence-corrected chi connectivity index (χ0v) is 16.4. The van der Waals surface area contributed by atoms with Gasteiger partial charge in [-0.15, -0.1) is 0 Å². The predicted molar refractivity (Wildman–Crippen MR) is 109 cm³/mol. The van der Waals surface area contributed by atoms with Crippen LogP contribution in [0.4, 0.5) is 5.69 Å². The van der Waals surface area contributed by atoms with Crippen LogP contribution >= 0.6 is 0 Å². The molecule has 5 rings (SSSR count). The zero-order chi connectivity index (χ0) is 19.8. The van der Waals surface area contributed by atoms with Crippen LogP contribution in [-0.4, -0.2) is 40.1 Å². The summed E-state index contributed by atoms with van der Waals surface area (Å²) < 4.78 is 13.2. The number of rotatable bonds is 6. The van der Waals surface area contributed by atoms with Crippen molar-refractivity contribution in [1.82, 2.24) is 14.4 Å². The van der Waals surface area contributed by atoms with Gasteiger partial charge in [0.15, 0.2) is 0 Å². The average Bonchev–Trinajstić information content (AvgIpc) is 3.27. The quantitative estimate of drug-likeness (QED) is 0.691. The van der Waals surface area contributed by atoms with Crippen molar-refractivity contribution in [2.45, 2.75) is 38.0 Å². The molecule has 3 aromatic heterocycles. The SMILES string of the molecule is CCOc1cc2nc(C3CC3)cn2cc1NC(=O)c1cccc(C2CCOC2)n1. The fraction of sp³-hybridized carbons (Fsp3) is 0.409. The Morgan fingerprint density at radius 2 is 2.10 bits per heavy atom. The van der Waals surface area contributed by atoms with Gasteiger partial charge >= 0.3 is 0 Å². The van der Waals surface area contributed by atoms with Crippen LogP contribution < -0.4 is 10.1 Å². The molecule has 1 saturated heterocycles. The molecule has 7 heteroatoms. The molecule has 0 radical (unpaired) electrons. The molecule has 4 heterocycles. The van der Waals surface area contributed by atoms with Gasteiger partial charge in [-0.25, -0.2) is 9.97 Å². The Morgan fingerprint density at radius 1 is 1.21 bits per heavy atom. The van der Waals surface area contributed by atoms with E-state index in [1.807, 2.05) is 41.9 Å². The molecular weight excluding hydrogens is 368 g/mol. The lowest BCUT2D eigenvalue weighted by atomic mass is 10.0. The highest BCUT2D eigenvalue weighted by Crippen LogP contribution is 2.40. The summed E-state index contributed by atoms with van der Waals surface area (Å²) >= 11 is 0. The van der Waals surface area contributed by atoms with E-state index >= 15 is 0 Å². The van der Waals surface area contributed by atoms with E-state index in [0.717, 1.165) is 30.1 Å². The normalized spacial score (nSPS) is 18.9. The molecule has 0 bridgehead atoms. The van der Waals surface area contributed by atoms with Crippen LogP contribution in [0.2, 0.25) is 0 Å². The molecule has 1 aliphatic heterocycles. The standard InChI is InChI=1S/C22H24N4O3/c1-2-29-20-10-21-24-18(14-6-7-14)11-26(21)12-19(20)25-22(27)17-5-3-4-16(23-17)15-8-9-28-13-15/h3-5,10-12,14-15H,2,6-9,13H2,1H3,(H,25,27). The number of fused-ring (bicyclic) bond motifs is 1. The number of carbonyl (C=O) groups is 1. The maximum Gasteiger partial charge on any atom is 0.274 e. The van der Waals surface area contributed by atoms with Crippen molar-refractivity contribution >= 4 is 17.2 Å². The Morgan fingerprint density at radius 3 is 2.86 bits per heavy atom. The molecule has 1 amide bonds. The van der Waals surface area contributed by atoms with E-state index < -0.39 is 0 Å². The van der Waals surface area contributed by atoms with E-state index in [1.165, 1.54) is 12.8 Å². The lowest BCUT2D eigenvalue weighted by Gasteiger charge is -2.13. The van der Waals surface area contributed by atoms with Crippen molar-refractivity contribution < 1.29 is 14.3 Å². The number of ether oxygens (including phenoxy) is 2. The van der Waals surface area contributed by atoms with Gasteiger partial charge in [0.1, 0.15) is 22.8 Å². The van der Waals surface area contributed by atoms with Gasteiger partial charge in [0.2, 0.25) is 0 Å². The highest BCUT2D eigenvalue weighted by atomic mass is 16.5. The Kier molecular flexibility index (Phi) is 4.67. The first-order chi connectivity index (χ1) is 14.2. The average molecular weight is 392 g/mol. The first-order valence-electron chi connectivity index (χ1n) is 10.2. The number of pyridine rings is 2. The van der Waals surface area contributed by atoms with Gasteiger partial charge in [-0.05, 0) is 38.3 Å². The Bertz CT molecular complexity index is 1050. The lowest BCUT2D eigenvalue weighted by Crippen LogP contribution is -2.16. The first kappa shape index (κ1) is 18.1. The van der Waals surface area contributed by atoms with Gasteiger partial charge in [0, 0.05) is 42.6 Å². The van der Waals surface area contributed by atoms with Gasteiger partial charge in [-0.3, -0.25) is 4.79 Å². The van der Waals surface area contributed by atoms with Gasteiger partial charge < -0.3 is 19.2 Å². The number of hydrogen-bond acceptors (Lipinski definition) is 5. The molecule has 2 aliphatic rings. The highest BCUT2D eigenvalue weighted by Gasteiger charge is 2.26. The van der Waals surface area contributed by atoms with Crippen molar-refractivity contribution in [3.63, 3.8) is 0 Å². The van der Waals surface area contributed by atoms with Crippen molar-refractivity contribution in [1.29, 1.82) is 0 Å². The topological polar surface area (TPSA) is 77.8 Å². The van der Waals surface area contributed by atoms with Gasteiger partial charge in [-0.1, -0.05) is 6.07 Å². The summed E-state index contributed by atoms with van der Waals surface area (Å²) in [5, 5.41) is 2.97. The van der Waals surface area contributed by atoms with E-state index in [4.69, 9.17) is 14.5 Å². The Hall–Kier alpha value is -2.93. The summed E-state index contributed by atoms with van der Waals surface area (Å²) in [5.41, 5.74) is 3.83. The van der Waals surface area contributed by atoms with Crippen molar-refractivity contribution in [3.8, 4) is 5.75 Å². The number of hydrogen-bond donors (Lipinski definition) is 1. The number of nitrogens with zero attached hydrogens (tertiary/aromatic N) is 3. The van der Waals surface area contributed by atoms with Crippen LogP contribution in [-0.2, 0) is 4.74 Å². The number of imidazole rings is 1. The minimum Gasteiger partial charge on any atom is -0.491 e. The molecule has 1 N–H and O–H groups in total. The van der Waals surface area contributed by atoms with Crippen LogP contribution in [0.5, 0.6) is 5.75 Å². The summed E-state index contributed by atoms with van der Waals surface area (Å²) in [6.07, 6.45) is 7.23. The van der Waals surface area contributed by atoms with Gasteiger partial charge in [-0.2, -0.15) is 0 Å². The van der Waals surface area contributed by atoms with Crippen LogP contribution in [0.3, 0.4) is 0 Å². The fourth-order valence-electron chi connectivity index (χ4n) is 3.74. The van der Waals surface area contributed by atoms with Crippen molar-refractivity contribution in [2.24, 2.45) is 0 Å². The number of anilines is 1. The van der Waals surface area contributed by atoms with E-state index in [9.17, 15) is 4.79 Å². The number of carbonyl (C=O) groups excluding carboxylic acids is 1. The van der Waals surface area contributed by atoms with Gasteiger partial charge in [0.25, 0.3) is 5.91 Å². The molecule has 1 atom stereocenters. The summed E-state index contributed by atoms with van der Waals surface area (Å²) in [4.78, 5) is 22.2. The highest BCUT2D eigenvalue weighted by molar-refractivity contribution is 6.03. The van der Waals surface area contributed by atoms with Gasteiger partial charge in [0.05, 0.1) is 18.9 Å². The maximum atomic E-state index is 12.9. The second-order valence-corrected chi connectivity index (χ2v) is 7.65. The summed E-state index contributed by atoms with van der Waals surface area (Å²) in [5.74, 6) is 1.18. The monoisotopic (exact) mass is 392 g/mol. The van der Waals surface area contributed by atoms with Crippen molar-refractivity contribution in [2.75, 3.05) is 25.1 Å². The lowest BCUT2D eigenvalue weighted by molar-refractivity contribution is 0.102. The van der Waals surface area contributed by atoms with E-state index in [2.05, 4.69) is 10.3 Å². The molecule has 29 heavy (non-hydrogen) atoms. The van der Waals surface area contributed by atoms with Crippen LogP contribution in [0.25, 0.3) is 5.65 Å². The number of amides is 1. The summed E-state index contributed by atoms with van der Waals surface area (Å²) in [6, 6.07) is 7.44. The molecule has 1 unspecified atom stereocenters. The Labute approximate surface area is 169 Å². The molecule has 0 spiro atoms. The minimum atomic E-state index is -0.256. The molecular formula is C22H24N4O3. The Balaban J connectivity index is 1.43. The van der Waals surface area contributed by atoms with E-state index in [-0.39, 0.29) is 11.8 Å². The summed E-state index contributed by atoms with van der Waals surface area (Å²) in [7, 11) is 0. The number of aromatic nitrogens is 3. The van der Waals surface area contributed by atoms with Crippen LogP contribution in [0.15, 0.2) is 36.7 Å².